The third-order valence-corrected chi connectivity index (χ3v) is 4.70. The molecular formula is C16H24N2. The average Bonchev–Trinajstić information content (AvgIpc) is 2.90. The lowest BCUT2D eigenvalue weighted by Gasteiger charge is -2.36. The lowest BCUT2D eigenvalue weighted by Crippen LogP contribution is -2.47. The Balaban J connectivity index is 1.64. The van der Waals surface area contributed by atoms with E-state index < -0.39 is 0 Å². The van der Waals surface area contributed by atoms with Gasteiger partial charge in [-0.2, -0.15) is 0 Å². The number of nitrogens with one attached hydrogen (secondary N) is 1. The summed E-state index contributed by atoms with van der Waals surface area (Å²) in [6.07, 6.45) is 2.66. The molecular weight excluding hydrogens is 220 g/mol. The van der Waals surface area contributed by atoms with Gasteiger partial charge in [0.15, 0.2) is 0 Å². The molecule has 0 amide bonds. The van der Waals surface area contributed by atoms with Crippen molar-refractivity contribution < 1.29 is 0 Å². The largest absolute Gasteiger partial charge is 0.316 e. The number of rotatable bonds is 2. The Morgan fingerprint density at radius 3 is 2.78 bits per heavy atom. The summed E-state index contributed by atoms with van der Waals surface area (Å²) in [5.41, 5.74) is 1.53. The molecule has 18 heavy (non-hydrogen) atoms. The highest BCUT2D eigenvalue weighted by molar-refractivity contribution is 5.21. The summed E-state index contributed by atoms with van der Waals surface area (Å²) >= 11 is 0. The molecule has 0 aromatic heterocycles. The quantitative estimate of drug-likeness (QED) is 0.860. The van der Waals surface area contributed by atoms with Gasteiger partial charge in [0, 0.05) is 12.6 Å². The number of likely N-dealkylation sites (tertiary alicyclic amines) is 1. The molecule has 1 aromatic carbocycles. The maximum atomic E-state index is 3.50. The second-order valence-electron chi connectivity index (χ2n) is 5.93. The van der Waals surface area contributed by atoms with Gasteiger partial charge in [-0.05, 0) is 49.9 Å². The molecule has 1 aromatic rings. The fraction of sp³-hybridized carbons (Fsp3) is 0.625. The monoisotopic (exact) mass is 244 g/mol. The van der Waals surface area contributed by atoms with Crippen LogP contribution in [0.5, 0.6) is 0 Å². The second-order valence-corrected chi connectivity index (χ2v) is 5.93. The number of hydrogen-bond acceptors (Lipinski definition) is 2. The van der Waals surface area contributed by atoms with Gasteiger partial charge < -0.3 is 5.32 Å². The predicted octanol–water partition coefficient (Wildman–Crippen LogP) is 2.47. The van der Waals surface area contributed by atoms with Crippen LogP contribution in [0.3, 0.4) is 0 Å². The number of hydrogen-bond donors (Lipinski definition) is 1. The van der Waals surface area contributed by atoms with E-state index in [4.69, 9.17) is 0 Å². The molecule has 3 unspecified atom stereocenters. The first kappa shape index (κ1) is 12.2. The second kappa shape index (κ2) is 5.41. The number of piperidine rings is 1. The molecule has 0 saturated carbocycles. The van der Waals surface area contributed by atoms with Crippen molar-refractivity contribution in [2.24, 2.45) is 5.92 Å². The van der Waals surface area contributed by atoms with Gasteiger partial charge in [-0.25, -0.2) is 0 Å². The van der Waals surface area contributed by atoms with E-state index in [1.165, 1.54) is 44.6 Å². The van der Waals surface area contributed by atoms with Gasteiger partial charge in [0.1, 0.15) is 0 Å². The van der Waals surface area contributed by atoms with Crippen LogP contribution in [0.1, 0.15) is 31.2 Å². The Labute approximate surface area is 110 Å². The standard InChI is InChI=1S/C16H24N2/c1-13-11-17-9-7-16(13)18-10-8-15(12-18)14-5-3-2-4-6-14/h2-6,13,15-17H,7-12H2,1H3. The molecule has 3 atom stereocenters. The van der Waals surface area contributed by atoms with Crippen molar-refractivity contribution in [3.8, 4) is 0 Å². The van der Waals surface area contributed by atoms with Crippen LogP contribution in [0.2, 0.25) is 0 Å². The zero-order valence-corrected chi connectivity index (χ0v) is 11.3. The van der Waals surface area contributed by atoms with Crippen LogP contribution in [-0.4, -0.2) is 37.1 Å². The van der Waals surface area contributed by atoms with Gasteiger partial charge in [-0.1, -0.05) is 37.3 Å². The summed E-state index contributed by atoms with van der Waals surface area (Å²) in [6.45, 7) is 7.33. The maximum Gasteiger partial charge on any atom is 0.0145 e. The highest BCUT2D eigenvalue weighted by Crippen LogP contribution is 2.31. The summed E-state index contributed by atoms with van der Waals surface area (Å²) in [5, 5.41) is 3.50. The minimum Gasteiger partial charge on any atom is -0.316 e. The highest BCUT2D eigenvalue weighted by atomic mass is 15.2. The fourth-order valence-electron chi connectivity index (χ4n) is 3.63. The molecule has 2 saturated heterocycles. The van der Waals surface area contributed by atoms with E-state index in [1.54, 1.807) is 0 Å². The van der Waals surface area contributed by atoms with Gasteiger partial charge in [-0.15, -0.1) is 0 Å². The fourth-order valence-corrected chi connectivity index (χ4v) is 3.63. The van der Waals surface area contributed by atoms with E-state index in [0.29, 0.717) is 0 Å². The van der Waals surface area contributed by atoms with E-state index in [0.717, 1.165) is 17.9 Å². The van der Waals surface area contributed by atoms with Crippen molar-refractivity contribution in [1.82, 2.24) is 10.2 Å². The van der Waals surface area contributed by atoms with Gasteiger partial charge in [0.2, 0.25) is 0 Å². The molecule has 2 fully saturated rings. The molecule has 0 aliphatic carbocycles. The van der Waals surface area contributed by atoms with E-state index in [-0.39, 0.29) is 0 Å². The first-order chi connectivity index (χ1) is 8.84. The van der Waals surface area contributed by atoms with E-state index in [2.05, 4.69) is 47.5 Å². The normalized spacial score (nSPS) is 33.7. The van der Waals surface area contributed by atoms with Gasteiger partial charge >= 0.3 is 0 Å². The Morgan fingerprint density at radius 1 is 1.17 bits per heavy atom. The molecule has 0 radical (unpaired) electrons. The van der Waals surface area contributed by atoms with Gasteiger partial charge in [0.25, 0.3) is 0 Å². The minimum absolute atomic E-state index is 0.758. The van der Waals surface area contributed by atoms with Crippen LogP contribution in [0.4, 0.5) is 0 Å². The van der Waals surface area contributed by atoms with Crippen molar-refractivity contribution in [3.63, 3.8) is 0 Å². The molecule has 2 nitrogen and oxygen atoms in total. The lowest BCUT2D eigenvalue weighted by molar-refractivity contribution is 0.146. The average molecular weight is 244 g/mol. The molecule has 3 rings (SSSR count). The third-order valence-electron chi connectivity index (χ3n) is 4.70. The molecule has 2 heterocycles. The Hall–Kier alpha value is -0.860. The molecule has 1 N–H and O–H groups in total. The first-order valence-corrected chi connectivity index (χ1v) is 7.34. The zero-order chi connectivity index (χ0) is 12.4. The SMILES string of the molecule is CC1CNCCC1N1CCC(c2ccccc2)C1. The predicted molar refractivity (Wildman–Crippen MR) is 75.8 cm³/mol. The van der Waals surface area contributed by atoms with E-state index >= 15 is 0 Å². The summed E-state index contributed by atoms with van der Waals surface area (Å²) < 4.78 is 0. The Morgan fingerprint density at radius 2 is 2.00 bits per heavy atom. The molecule has 0 bridgehead atoms. The number of nitrogens with zero attached hydrogens (tertiary/aromatic N) is 1. The van der Waals surface area contributed by atoms with Crippen molar-refractivity contribution in [2.75, 3.05) is 26.2 Å². The third kappa shape index (κ3) is 2.45. The van der Waals surface area contributed by atoms with Crippen molar-refractivity contribution in [3.05, 3.63) is 35.9 Å². The topological polar surface area (TPSA) is 15.3 Å². The van der Waals surface area contributed by atoms with Crippen molar-refractivity contribution in [2.45, 2.75) is 31.7 Å². The van der Waals surface area contributed by atoms with Crippen LogP contribution in [-0.2, 0) is 0 Å². The summed E-state index contributed by atoms with van der Waals surface area (Å²) in [4.78, 5) is 2.74. The molecule has 2 heteroatoms. The number of benzene rings is 1. The van der Waals surface area contributed by atoms with Crippen LogP contribution >= 0.6 is 0 Å². The van der Waals surface area contributed by atoms with Crippen LogP contribution in [0.15, 0.2) is 30.3 Å². The smallest absolute Gasteiger partial charge is 0.0145 e. The van der Waals surface area contributed by atoms with Crippen molar-refractivity contribution in [1.29, 1.82) is 0 Å². The molecule has 2 aliphatic rings. The minimum atomic E-state index is 0.758. The lowest BCUT2D eigenvalue weighted by atomic mass is 9.93. The molecule has 0 spiro atoms. The summed E-state index contributed by atoms with van der Waals surface area (Å²) in [5.74, 6) is 1.56. The first-order valence-electron chi connectivity index (χ1n) is 7.34. The van der Waals surface area contributed by atoms with Crippen LogP contribution < -0.4 is 5.32 Å². The zero-order valence-electron chi connectivity index (χ0n) is 11.3. The van der Waals surface area contributed by atoms with E-state index in [9.17, 15) is 0 Å². The Bertz CT molecular complexity index is 376. The van der Waals surface area contributed by atoms with Crippen molar-refractivity contribution >= 4 is 0 Å². The highest BCUT2D eigenvalue weighted by Gasteiger charge is 2.32. The van der Waals surface area contributed by atoms with Gasteiger partial charge in [-0.3, -0.25) is 4.90 Å². The van der Waals surface area contributed by atoms with Crippen LogP contribution in [0.25, 0.3) is 0 Å². The molecule has 98 valence electrons. The maximum absolute atomic E-state index is 3.50. The Kier molecular flexibility index (Phi) is 3.67. The van der Waals surface area contributed by atoms with Crippen LogP contribution in [0, 0.1) is 5.92 Å². The van der Waals surface area contributed by atoms with E-state index in [1.807, 2.05) is 0 Å². The summed E-state index contributed by atoms with van der Waals surface area (Å²) in [6, 6.07) is 11.8. The molecule has 2 aliphatic heterocycles. The van der Waals surface area contributed by atoms with Gasteiger partial charge in [0.05, 0.1) is 0 Å². The summed E-state index contributed by atoms with van der Waals surface area (Å²) in [7, 11) is 0.